The Hall–Kier alpha value is -2.79. The first-order valence-corrected chi connectivity index (χ1v) is 9.55. The molecule has 0 fully saturated rings. The van der Waals surface area contributed by atoms with Crippen molar-refractivity contribution in [1.29, 1.82) is 0 Å². The summed E-state index contributed by atoms with van der Waals surface area (Å²) in [4.78, 5) is 11.9. The van der Waals surface area contributed by atoms with Crippen molar-refractivity contribution in [1.82, 2.24) is 5.32 Å². The van der Waals surface area contributed by atoms with Crippen LogP contribution in [0, 0.1) is 0 Å². The van der Waals surface area contributed by atoms with E-state index in [1.165, 1.54) is 5.56 Å². The van der Waals surface area contributed by atoms with Gasteiger partial charge in [0.05, 0.1) is 6.54 Å². The van der Waals surface area contributed by atoms with E-state index < -0.39 is 0 Å². The van der Waals surface area contributed by atoms with E-state index in [1.54, 1.807) is 0 Å². The SMILES string of the molecule is O=C(NCCOc1ccccc1Cc1ccccc1)Nc1ccc(Br)cc1. The molecule has 4 nitrogen and oxygen atoms in total. The molecule has 2 N–H and O–H groups in total. The fourth-order valence-electron chi connectivity index (χ4n) is 2.64. The lowest BCUT2D eigenvalue weighted by Crippen LogP contribution is -2.32. The van der Waals surface area contributed by atoms with Crippen molar-refractivity contribution >= 4 is 27.6 Å². The molecule has 0 atom stereocenters. The molecule has 0 aliphatic carbocycles. The van der Waals surface area contributed by atoms with Crippen LogP contribution in [0.2, 0.25) is 0 Å². The summed E-state index contributed by atoms with van der Waals surface area (Å²) in [6.45, 7) is 0.821. The Labute approximate surface area is 167 Å². The van der Waals surface area contributed by atoms with Gasteiger partial charge in [-0.1, -0.05) is 64.5 Å². The number of halogens is 1. The first kappa shape index (κ1) is 19.0. The summed E-state index contributed by atoms with van der Waals surface area (Å²) in [5.41, 5.74) is 3.10. The molecule has 0 unspecified atom stereocenters. The third-order valence-electron chi connectivity index (χ3n) is 3.96. The highest BCUT2D eigenvalue weighted by Crippen LogP contribution is 2.21. The summed E-state index contributed by atoms with van der Waals surface area (Å²) < 4.78 is 6.85. The third kappa shape index (κ3) is 6.15. The van der Waals surface area contributed by atoms with E-state index in [2.05, 4.69) is 44.8 Å². The second kappa shape index (κ2) is 9.78. The van der Waals surface area contributed by atoms with Crippen LogP contribution in [0.25, 0.3) is 0 Å². The van der Waals surface area contributed by atoms with Gasteiger partial charge in [-0.2, -0.15) is 0 Å². The Kier molecular flexibility index (Phi) is 6.88. The fourth-order valence-corrected chi connectivity index (χ4v) is 2.90. The highest BCUT2D eigenvalue weighted by molar-refractivity contribution is 9.10. The lowest BCUT2D eigenvalue weighted by molar-refractivity contribution is 0.247. The van der Waals surface area contributed by atoms with Crippen molar-refractivity contribution in [3.05, 3.63) is 94.5 Å². The van der Waals surface area contributed by atoms with Crippen LogP contribution in [0.15, 0.2) is 83.3 Å². The molecule has 0 aromatic heterocycles. The first-order chi connectivity index (χ1) is 13.2. The Morgan fingerprint density at radius 3 is 2.37 bits per heavy atom. The van der Waals surface area contributed by atoms with Gasteiger partial charge in [0.15, 0.2) is 0 Å². The largest absolute Gasteiger partial charge is 0.491 e. The van der Waals surface area contributed by atoms with E-state index in [0.29, 0.717) is 13.2 Å². The molecule has 0 heterocycles. The van der Waals surface area contributed by atoms with Gasteiger partial charge in [-0.05, 0) is 41.5 Å². The number of rotatable bonds is 7. The number of hydrogen-bond acceptors (Lipinski definition) is 2. The smallest absolute Gasteiger partial charge is 0.319 e. The molecule has 0 aliphatic rings. The molecule has 0 radical (unpaired) electrons. The monoisotopic (exact) mass is 424 g/mol. The highest BCUT2D eigenvalue weighted by atomic mass is 79.9. The second-order valence-corrected chi connectivity index (χ2v) is 6.92. The normalized spacial score (nSPS) is 10.3. The molecule has 0 saturated heterocycles. The number of carbonyl (C=O) groups is 1. The first-order valence-electron chi connectivity index (χ1n) is 8.76. The Morgan fingerprint density at radius 1 is 0.889 bits per heavy atom. The quantitative estimate of drug-likeness (QED) is 0.509. The molecule has 3 aromatic rings. The fraction of sp³-hybridized carbons (Fsp3) is 0.136. The van der Waals surface area contributed by atoms with Crippen LogP contribution in [-0.4, -0.2) is 19.2 Å². The van der Waals surface area contributed by atoms with Crippen LogP contribution in [0.1, 0.15) is 11.1 Å². The van der Waals surface area contributed by atoms with Crippen LogP contribution in [0.4, 0.5) is 10.5 Å². The zero-order chi connectivity index (χ0) is 18.9. The maximum Gasteiger partial charge on any atom is 0.319 e. The van der Waals surface area contributed by atoms with Gasteiger partial charge in [-0.15, -0.1) is 0 Å². The van der Waals surface area contributed by atoms with E-state index in [-0.39, 0.29) is 6.03 Å². The molecular weight excluding hydrogens is 404 g/mol. The van der Waals surface area contributed by atoms with Gasteiger partial charge in [0, 0.05) is 16.6 Å². The van der Waals surface area contributed by atoms with Crippen molar-refractivity contribution in [2.45, 2.75) is 6.42 Å². The van der Waals surface area contributed by atoms with Gasteiger partial charge in [0.2, 0.25) is 0 Å². The minimum Gasteiger partial charge on any atom is -0.491 e. The Morgan fingerprint density at radius 2 is 1.59 bits per heavy atom. The zero-order valence-corrected chi connectivity index (χ0v) is 16.4. The van der Waals surface area contributed by atoms with Crippen molar-refractivity contribution < 1.29 is 9.53 Å². The van der Waals surface area contributed by atoms with E-state index >= 15 is 0 Å². The van der Waals surface area contributed by atoms with Gasteiger partial charge in [-0.25, -0.2) is 4.79 Å². The molecule has 0 saturated carbocycles. The number of urea groups is 1. The van der Waals surface area contributed by atoms with E-state index in [4.69, 9.17) is 4.74 Å². The lowest BCUT2D eigenvalue weighted by Gasteiger charge is -2.12. The van der Waals surface area contributed by atoms with Crippen LogP contribution in [0.5, 0.6) is 5.75 Å². The second-order valence-electron chi connectivity index (χ2n) is 6.01. The van der Waals surface area contributed by atoms with Gasteiger partial charge in [0.1, 0.15) is 12.4 Å². The molecule has 27 heavy (non-hydrogen) atoms. The van der Waals surface area contributed by atoms with Crippen molar-refractivity contribution in [3.8, 4) is 5.75 Å². The van der Waals surface area contributed by atoms with E-state index in [0.717, 1.165) is 27.9 Å². The molecule has 5 heteroatoms. The molecule has 3 rings (SSSR count). The zero-order valence-electron chi connectivity index (χ0n) is 14.8. The predicted octanol–water partition coefficient (Wildman–Crippen LogP) is 5.24. The third-order valence-corrected chi connectivity index (χ3v) is 4.49. The van der Waals surface area contributed by atoms with Gasteiger partial charge >= 0.3 is 6.03 Å². The number of benzene rings is 3. The number of nitrogens with one attached hydrogen (secondary N) is 2. The minimum absolute atomic E-state index is 0.251. The summed E-state index contributed by atoms with van der Waals surface area (Å²) in [6, 6.07) is 25.4. The Bertz CT molecular complexity index is 867. The number of carbonyl (C=O) groups excluding carboxylic acids is 1. The number of anilines is 1. The molecular formula is C22H21BrN2O2. The number of amides is 2. The summed E-state index contributed by atoms with van der Waals surface area (Å²) in [7, 11) is 0. The lowest BCUT2D eigenvalue weighted by atomic mass is 10.0. The minimum atomic E-state index is -0.251. The van der Waals surface area contributed by atoms with Crippen molar-refractivity contribution in [2.75, 3.05) is 18.5 Å². The van der Waals surface area contributed by atoms with Crippen LogP contribution in [0.3, 0.4) is 0 Å². The standard InChI is InChI=1S/C22H21BrN2O2/c23-19-10-12-20(13-11-19)25-22(26)24-14-15-27-21-9-5-4-8-18(21)16-17-6-2-1-3-7-17/h1-13H,14-16H2,(H2,24,25,26). The van der Waals surface area contributed by atoms with Crippen LogP contribution < -0.4 is 15.4 Å². The summed E-state index contributed by atoms with van der Waals surface area (Å²) in [5.74, 6) is 0.844. The average molecular weight is 425 g/mol. The van der Waals surface area contributed by atoms with Gasteiger partial charge in [-0.3, -0.25) is 0 Å². The molecule has 0 aliphatic heterocycles. The maximum absolute atomic E-state index is 11.9. The number of para-hydroxylation sites is 1. The molecule has 2 amide bonds. The molecule has 0 spiro atoms. The number of ether oxygens (including phenoxy) is 1. The molecule has 3 aromatic carbocycles. The highest BCUT2D eigenvalue weighted by Gasteiger charge is 2.05. The summed E-state index contributed by atoms with van der Waals surface area (Å²) >= 11 is 3.37. The van der Waals surface area contributed by atoms with Gasteiger partial charge in [0.25, 0.3) is 0 Å². The topological polar surface area (TPSA) is 50.4 Å². The Balaban J connectivity index is 1.46. The van der Waals surface area contributed by atoms with E-state index in [9.17, 15) is 4.79 Å². The molecule has 0 bridgehead atoms. The van der Waals surface area contributed by atoms with Crippen molar-refractivity contribution in [2.24, 2.45) is 0 Å². The maximum atomic E-state index is 11.9. The van der Waals surface area contributed by atoms with Crippen LogP contribution >= 0.6 is 15.9 Å². The van der Waals surface area contributed by atoms with Gasteiger partial charge < -0.3 is 15.4 Å². The predicted molar refractivity (Wildman–Crippen MR) is 112 cm³/mol. The summed E-state index contributed by atoms with van der Waals surface area (Å²) in [6.07, 6.45) is 0.814. The average Bonchev–Trinajstić information content (AvgIpc) is 2.69. The van der Waals surface area contributed by atoms with Crippen molar-refractivity contribution in [3.63, 3.8) is 0 Å². The van der Waals surface area contributed by atoms with E-state index in [1.807, 2.05) is 60.7 Å². The summed E-state index contributed by atoms with van der Waals surface area (Å²) in [5, 5.41) is 5.58. The van der Waals surface area contributed by atoms with Crippen LogP contribution in [-0.2, 0) is 6.42 Å². The number of hydrogen-bond donors (Lipinski definition) is 2. The molecule has 138 valence electrons.